The summed E-state index contributed by atoms with van der Waals surface area (Å²) in [5, 5.41) is 2.22. The first-order valence-electron chi connectivity index (χ1n) is 13.0. The molecule has 0 fully saturated rings. The first-order chi connectivity index (χ1) is 18.8. The van der Waals surface area contributed by atoms with Crippen molar-refractivity contribution < 1.29 is 4.42 Å². The van der Waals surface area contributed by atoms with Crippen LogP contribution >= 0.6 is 0 Å². The lowest BCUT2D eigenvalue weighted by atomic mass is 9.95. The normalized spacial score (nSPS) is 16.1. The van der Waals surface area contributed by atoms with Gasteiger partial charge in [0.25, 0.3) is 0 Å². The number of furan rings is 1. The van der Waals surface area contributed by atoms with E-state index in [0.717, 1.165) is 56.6 Å². The maximum atomic E-state index is 6.30. The van der Waals surface area contributed by atoms with Gasteiger partial charge in [-0.1, -0.05) is 97.1 Å². The number of anilines is 2. The van der Waals surface area contributed by atoms with Crippen LogP contribution in [-0.2, 0) is 0 Å². The van der Waals surface area contributed by atoms with Crippen molar-refractivity contribution >= 4 is 39.1 Å². The Labute approximate surface area is 220 Å². The minimum absolute atomic E-state index is 0.115. The molecular formula is C34H23N3O. The monoisotopic (exact) mass is 489 g/mol. The van der Waals surface area contributed by atoms with Crippen molar-refractivity contribution in [3.05, 3.63) is 127 Å². The van der Waals surface area contributed by atoms with Crippen molar-refractivity contribution in [2.24, 2.45) is 0 Å². The molecule has 2 aromatic heterocycles. The molecule has 0 spiro atoms. The Hall–Kier alpha value is -4.96. The third kappa shape index (κ3) is 3.17. The van der Waals surface area contributed by atoms with Gasteiger partial charge in [-0.25, -0.2) is 9.97 Å². The van der Waals surface area contributed by atoms with Crippen molar-refractivity contribution in [3.8, 4) is 22.5 Å². The molecule has 2 aliphatic rings. The van der Waals surface area contributed by atoms with E-state index in [-0.39, 0.29) is 6.04 Å². The first-order valence-corrected chi connectivity index (χ1v) is 13.0. The molecule has 1 aliphatic heterocycles. The number of hydrogen-bond donors (Lipinski definition) is 0. The zero-order valence-corrected chi connectivity index (χ0v) is 20.6. The lowest BCUT2D eigenvalue weighted by molar-refractivity contribution is 0.669. The van der Waals surface area contributed by atoms with Crippen LogP contribution in [0.2, 0.25) is 0 Å². The first kappa shape index (κ1) is 21.2. The number of para-hydroxylation sites is 1. The predicted molar refractivity (Wildman–Crippen MR) is 154 cm³/mol. The second kappa shape index (κ2) is 8.29. The molecule has 0 saturated carbocycles. The number of nitrogens with zero attached hydrogens (tertiary/aromatic N) is 3. The fraction of sp³-hybridized carbons (Fsp3) is 0.0588. The molecule has 1 unspecified atom stereocenters. The van der Waals surface area contributed by atoms with Crippen molar-refractivity contribution in [1.82, 2.24) is 9.97 Å². The van der Waals surface area contributed by atoms with E-state index in [4.69, 9.17) is 14.4 Å². The van der Waals surface area contributed by atoms with Gasteiger partial charge in [-0.3, -0.25) is 0 Å². The maximum absolute atomic E-state index is 6.30. The number of benzene rings is 4. The zero-order chi connectivity index (χ0) is 25.1. The van der Waals surface area contributed by atoms with Crippen LogP contribution in [0.5, 0.6) is 0 Å². The van der Waals surface area contributed by atoms with Gasteiger partial charge in [0.05, 0.1) is 28.5 Å². The van der Waals surface area contributed by atoms with Gasteiger partial charge >= 0.3 is 0 Å². The van der Waals surface area contributed by atoms with E-state index in [1.54, 1.807) is 0 Å². The van der Waals surface area contributed by atoms with Gasteiger partial charge in [-0.2, -0.15) is 0 Å². The minimum atomic E-state index is 0.115. The van der Waals surface area contributed by atoms with Crippen LogP contribution in [0.15, 0.2) is 126 Å². The highest BCUT2D eigenvalue weighted by atomic mass is 16.3. The Bertz CT molecular complexity index is 1840. The van der Waals surface area contributed by atoms with E-state index < -0.39 is 0 Å². The van der Waals surface area contributed by atoms with Gasteiger partial charge in [0, 0.05) is 22.1 Å². The van der Waals surface area contributed by atoms with Gasteiger partial charge < -0.3 is 9.32 Å². The molecule has 1 aliphatic carbocycles. The number of allylic oxidation sites excluding steroid dienone is 2. The minimum Gasteiger partial charge on any atom is -0.456 e. The van der Waals surface area contributed by atoms with E-state index in [1.165, 1.54) is 11.1 Å². The molecule has 0 amide bonds. The molecule has 0 saturated heterocycles. The summed E-state index contributed by atoms with van der Waals surface area (Å²) in [6, 6.07) is 35.5. The van der Waals surface area contributed by atoms with Crippen molar-refractivity contribution in [2.75, 3.05) is 4.90 Å². The third-order valence-electron chi connectivity index (χ3n) is 7.58. The lowest BCUT2D eigenvalue weighted by Gasteiger charge is -2.27. The van der Waals surface area contributed by atoms with Crippen LogP contribution in [0.4, 0.5) is 11.6 Å². The van der Waals surface area contributed by atoms with E-state index in [2.05, 4.69) is 102 Å². The number of hydrogen-bond acceptors (Lipinski definition) is 4. The Kier molecular flexibility index (Phi) is 4.61. The average Bonchev–Trinajstić information content (AvgIpc) is 3.53. The molecule has 0 bridgehead atoms. The molecule has 4 heteroatoms. The Morgan fingerprint density at radius 3 is 2.13 bits per heavy atom. The molecule has 1 atom stereocenters. The lowest BCUT2D eigenvalue weighted by Crippen LogP contribution is -2.29. The highest BCUT2D eigenvalue weighted by Gasteiger charge is 2.39. The number of rotatable bonds is 3. The van der Waals surface area contributed by atoms with Crippen molar-refractivity contribution in [3.63, 3.8) is 0 Å². The molecular weight excluding hydrogens is 466 g/mol. The van der Waals surface area contributed by atoms with E-state index in [0.29, 0.717) is 5.95 Å². The van der Waals surface area contributed by atoms with E-state index >= 15 is 0 Å². The molecule has 6 aromatic rings. The van der Waals surface area contributed by atoms with Crippen LogP contribution < -0.4 is 4.90 Å². The molecule has 0 radical (unpaired) electrons. The number of aromatic nitrogens is 2. The zero-order valence-electron chi connectivity index (χ0n) is 20.6. The Balaban J connectivity index is 1.43. The molecule has 8 rings (SSSR count). The smallest absolute Gasteiger partial charge is 0.231 e. The Morgan fingerprint density at radius 2 is 1.39 bits per heavy atom. The van der Waals surface area contributed by atoms with Crippen LogP contribution in [0.3, 0.4) is 0 Å². The summed E-state index contributed by atoms with van der Waals surface area (Å²) in [5.41, 5.74) is 9.35. The summed E-state index contributed by atoms with van der Waals surface area (Å²) in [5.74, 6) is 0.702. The van der Waals surface area contributed by atoms with Crippen molar-refractivity contribution in [1.29, 1.82) is 0 Å². The summed E-state index contributed by atoms with van der Waals surface area (Å²) in [7, 11) is 0. The van der Waals surface area contributed by atoms with E-state index in [9.17, 15) is 0 Å². The molecule has 38 heavy (non-hydrogen) atoms. The summed E-state index contributed by atoms with van der Waals surface area (Å²) in [6.45, 7) is 0. The summed E-state index contributed by atoms with van der Waals surface area (Å²) in [4.78, 5) is 12.8. The SMILES string of the molecule is C1=CCC2C(=C1)c1ccc3oc4ccccc4c3c1N2c1nc(-c2ccccc2)cc(-c2ccccc2)n1. The van der Waals surface area contributed by atoms with Gasteiger partial charge in [0.1, 0.15) is 11.2 Å². The van der Waals surface area contributed by atoms with Crippen molar-refractivity contribution in [2.45, 2.75) is 12.5 Å². The van der Waals surface area contributed by atoms with Crippen LogP contribution in [-0.4, -0.2) is 16.0 Å². The summed E-state index contributed by atoms with van der Waals surface area (Å²) < 4.78 is 6.30. The topological polar surface area (TPSA) is 42.2 Å². The molecule has 4 aromatic carbocycles. The third-order valence-corrected chi connectivity index (χ3v) is 7.58. The molecule has 3 heterocycles. The quantitative estimate of drug-likeness (QED) is 0.250. The van der Waals surface area contributed by atoms with Gasteiger partial charge in [-0.15, -0.1) is 0 Å². The average molecular weight is 490 g/mol. The fourth-order valence-corrected chi connectivity index (χ4v) is 5.86. The van der Waals surface area contributed by atoms with Gasteiger partial charge in [-0.05, 0) is 36.3 Å². The number of fused-ring (bicyclic) bond motifs is 7. The largest absolute Gasteiger partial charge is 0.456 e. The van der Waals surface area contributed by atoms with Crippen LogP contribution in [0.1, 0.15) is 12.0 Å². The fourth-order valence-electron chi connectivity index (χ4n) is 5.86. The molecule has 0 N–H and O–H groups in total. The second-order valence-electron chi connectivity index (χ2n) is 9.78. The predicted octanol–water partition coefficient (Wildman–Crippen LogP) is 8.57. The Morgan fingerprint density at radius 1 is 0.711 bits per heavy atom. The summed E-state index contributed by atoms with van der Waals surface area (Å²) in [6.07, 6.45) is 7.52. The van der Waals surface area contributed by atoms with E-state index in [1.807, 2.05) is 24.3 Å². The summed E-state index contributed by atoms with van der Waals surface area (Å²) >= 11 is 0. The maximum Gasteiger partial charge on any atom is 0.231 e. The molecule has 180 valence electrons. The van der Waals surface area contributed by atoms with Gasteiger partial charge in [0.15, 0.2) is 0 Å². The standard InChI is InChI=1S/C34H23N3O/c1-3-11-22(12-4-1)27-21-28(23-13-5-2-6-14-23)36-34(35-27)37-29-17-9-7-15-24(29)25-19-20-31-32(33(25)37)26-16-8-10-18-30(26)38-31/h1-16,18-21,29H,17H2. The highest BCUT2D eigenvalue weighted by Crippen LogP contribution is 2.52. The highest BCUT2D eigenvalue weighted by molar-refractivity contribution is 6.17. The van der Waals surface area contributed by atoms with Crippen LogP contribution in [0.25, 0.3) is 50.0 Å². The second-order valence-corrected chi connectivity index (χ2v) is 9.78. The molecule has 4 nitrogen and oxygen atoms in total. The van der Waals surface area contributed by atoms with Gasteiger partial charge in [0.2, 0.25) is 5.95 Å². The van der Waals surface area contributed by atoms with Crippen LogP contribution in [0, 0.1) is 0 Å².